The van der Waals surface area contributed by atoms with Crippen molar-refractivity contribution in [2.45, 2.75) is 32.1 Å². The Balaban J connectivity index is 1.98. The van der Waals surface area contributed by atoms with Gasteiger partial charge in [0.25, 0.3) is 5.91 Å². The van der Waals surface area contributed by atoms with Crippen LogP contribution in [0.25, 0.3) is 0 Å². The van der Waals surface area contributed by atoms with Gasteiger partial charge in [0, 0.05) is 21.0 Å². The van der Waals surface area contributed by atoms with Crippen molar-refractivity contribution < 1.29 is 4.79 Å². The Labute approximate surface area is 147 Å². The average molecular weight is 471 g/mol. The van der Waals surface area contributed by atoms with E-state index in [1.54, 1.807) is 6.07 Å². The lowest BCUT2D eigenvalue weighted by Crippen LogP contribution is -2.40. The number of hydrogen-bond donors (Lipinski definition) is 1. The SMILES string of the molecule is O=C(NCC1(CBr)CCCCC1)c1ccc(I)c(Cl)c1. The first-order valence-corrected chi connectivity index (χ1v) is 9.43. The van der Waals surface area contributed by atoms with Crippen LogP contribution in [0.5, 0.6) is 0 Å². The monoisotopic (exact) mass is 469 g/mol. The summed E-state index contributed by atoms with van der Waals surface area (Å²) in [5, 5.41) is 4.66. The highest BCUT2D eigenvalue weighted by Gasteiger charge is 2.31. The van der Waals surface area contributed by atoms with E-state index in [-0.39, 0.29) is 11.3 Å². The van der Waals surface area contributed by atoms with E-state index in [1.165, 1.54) is 32.1 Å². The molecular weight excluding hydrogens is 452 g/mol. The standard InChI is InChI=1S/C15H18BrClINO/c16-9-15(6-2-1-3-7-15)10-19-14(20)11-4-5-13(18)12(17)8-11/h4-5,8H,1-3,6-7,9-10H2,(H,19,20). The molecule has 0 aliphatic heterocycles. The molecule has 0 saturated heterocycles. The van der Waals surface area contributed by atoms with E-state index >= 15 is 0 Å². The number of nitrogens with one attached hydrogen (secondary N) is 1. The van der Waals surface area contributed by atoms with Gasteiger partial charge in [-0.15, -0.1) is 0 Å². The average Bonchev–Trinajstić information content (AvgIpc) is 2.48. The van der Waals surface area contributed by atoms with E-state index in [4.69, 9.17) is 11.6 Å². The van der Waals surface area contributed by atoms with Gasteiger partial charge >= 0.3 is 0 Å². The van der Waals surface area contributed by atoms with E-state index in [1.807, 2.05) is 12.1 Å². The van der Waals surface area contributed by atoms with Crippen molar-refractivity contribution >= 4 is 56.0 Å². The van der Waals surface area contributed by atoms with Gasteiger partial charge < -0.3 is 5.32 Å². The van der Waals surface area contributed by atoms with Gasteiger partial charge in [-0.05, 0) is 59.0 Å². The molecule has 0 aromatic heterocycles. The molecule has 1 aliphatic carbocycles. The van der Waals surface area contributed by atoms with Crippen LogP contribution in [0.4, 0.5) is 0 Å². The van der Waals surface area contributed by atoms with Crippen molar-refractivity contribution in [3.05, 3.63) is 32.4 Å². The van der Waals surface area contributed by atoms with Gasteiger partial charge in [0.15, 0.2) is 0 Å². The number of rotatable bonds is 4. The second-order valence-corrected chi connectivity index (χ2v) is 7.64. The molecule has 1 fully saturated rings. The molecule has 1 saturated carbocycles. The van der Waals surface area contributed by atoms with Crippen LogP contribution < -0.4 is 5.32 Å². The second kappa shape index (κ2) is 7.45. The number of carbonyl (C=O) groups is 1. The van der Waals surface area contributed by atoms with Crippen LogP contribution >= 0.6 is 50.1 Å². The van der Waals surface area contributed by atoms with Crippen LogP contribution in [0.15, 0.2) is 18.2 Å². The zero-order valence-electron chi connectivity index (χ0n) is 11.2. The smallest absolute Gasteiger partial charge is 0.251 e. The molecule has 0 radical (unpaired) electrons. The summed E-state index contributed by atoms with van der Waals surface area (Å²) in [5.74, 6) is -0.0331. The quantitative estimate of drug-likeness (QED) is 0.486. The Morgan fingerprint density at radius 3 is 2.65 bits per heavy atom. The highest BCUT2D eigenvalue weighted by Crippen LogP contribution is 2.37. The number of hydrogen-bond acceptors (Lipinski definition) is 1. The number of benzene rings is 1. The van der Waals surface area contributed by atoms with Crippen LogP contribution in [-0.4, -0.2) is 17.8 Å². The van der Waals surface area contributed by atoms with Crippen molar-refractivity contribution in [1.82, 2.24) is 5.32 Å². The summed E-state index contributed by atoms with van der Waals surface area (Å²) < 4.78 is 0.963. The van der Waals surface area contributed by atoms with Crippen molar-refractivity contribution in [2.24, 2.45) is 5.41 Å². The van der Waals surface area contributed by atoms with Crippen molar-refractivity contribution in [2.75, 3.05) is 11.9 Å². The molecule has 1 N–H and O–H groups in total. The molecule has 0 atom stereocenters. The maximum Gasteiger partial charge on any atom is 0.251 e. The van der Waals surface area contributed by atoms with E-state index < -0.39 is 0 Å². The van der Waals surface area contributed by atoms with Gasteiger partial charge in [0.1, 0.15) is 0 Å². The Hall–Kier alpha value is 0.190. The first-order valence-electron chi connectivity index (χ1n) is 6.86. The molecule has 110 valence electrons. The summed E-state index contributed by atoms with van der Waals surface area (Å²) in [5.41, 5.74) is 0.858. The Morgan fingerprint density at radius 1 is 1.35 bits per heavy atom. The topological polar surface area (TPSA) is 29.1 Å². The lowest BCUT2D eigenvalue weighted by atomic mass is 9.75. The van der Waals surface area contributed by atoms with Gasteiger partial charge in [-0.25, -0.2) is 0 Å². The first kappa shape index (κ1) is 16.6. The van der Waals surface area contributed by atoms with E-state index in [0.717, 1.165) is 15.4 Å². The molecule has 1 aliphatic rings. The third kappa shape index (κ3) is 4.10. The zero-order chi connectivity index (χ0) is 14.6. The van der Waals surface area contributed by atoms with E-state index in [2.05, 4.69) is 43.8 Å². The van der Waals surface area contributed by atoms with Crippen molar-refractivity contribution in [3.63, 3.8) is 0 Å². The summed E-state index contributed by atoms with van der Waals surface area (Å²) in [6.07, 6.45) is 6.21. The molecule has 2 nitrogen and oxygen atoms in total. The third-order valence-electron chi connectivity index (χ3n) is 4.00. The lowest BCUT2D eigenvalue weighted by molar-refractivity contribution is 0.0922. The molecular formula is C15H18BrClINO. The van der Waals surface area contributed by atoms with Crippen LogP contribution in [0.2, 0.25) is 5.02 Å². The summed E-state index contributed by atoms with van der Waals surface area (Å²) in [6.45, 7) is 0.737. The maximum atomic E-state index is 12.2. The minimum Gasteiger partial charge on any atom is -0.351 e. The molecule has 1 amide bonds. The molecule has 5 heteroatoms. The summed E-state index contributed by atoms with van der Waals surface area (Å²) in [6, 6.07) is 5.43. The van der Waals surface area contributed by atoms with Gasteiger partial charge in [-0.2, -0.15) is 0 Å². The largest absolute Gasteiger partial charge is 0.351 e. The molecule has 0 spiro atoms. The Bertz CT molecular complexity index is 489. The fourth-order valence-electron chi connectivity index (χ4n) is 2.67. The van der Waals surface area contributed by atoms with Crippen LogP contribution in [-0.2, 0) is 0 Å². The normalized spacial score (nSPS) is 17.8. The lowest BCUT2D eigenvalue weighted by Gasteiger charge is -2.35. The molecule has 20 heavy (non-hydrogen) atoms. The maximum absolute atomic E-state index is 12.2. The van der Waals surface area contributed by atoms with Gasteiger partial charge in [0.05, 0.1) is 5.02 Å². The van der Waals surface area contributed by atoms with Crippen LogP contribution in [0.1, 0.15) is 42.5 Å². The van der Waals surface area contributed by atoms with Gasteiger partial charge in [0.2, 0.25) is 0 Å². The summed E-state index contributed by atoms with van der Waals surface area (Å²) in [4.78, 5) is 12.2. The highest BCUT2D eigenvalue weighted by molar-refractivity contribution is 14.1. The van der Waals surface area contributed by atoms with Gasteiger partial charge in [-0.1, -0.05) is 46.8 Å². The first-order chi connectivity index (χ1) is 9.56. The number of halogens is 3. The number of amides is 1. The molecule has 1 aromatic rings. The molecule has 1 aromatic carbocycles. The van der Waals surface area contributed by atoms with Crippen molar-refractivity contribution in [3.8, 4) is 0 Å². The third-order valence-corrected chi connectivity index (χ3v) is 6.77. The zero-order valence-corrected chi connectivity index (χ0v) is 15.7. The van der Waals surface area contributed by atoms with Gasteiger partial charge in [-0.3, -0.25) is 4.79 Å². The fourth-order valence-corrected chi connectivity index (χ4v) is 3.94. The second-order valence-electron chi connectivity index (χ2n) is 5.51. The Morgan fingerprint density at radius 2 is 2.05 bits per heavy atom. The van der Waals surface area contributed by atoms with Crippen LogP contribution in [0.3, 0.4) is 0 Å². The molecule has 2 rings (SSSR count). The van der Waals surface area contributed by atoms with E-state index in [0.29, 0.717) is 10.6 Å². The summed E-state index contributed by atoms with van der Waals surface area (Å²) in [7, 11) is 0. The summed E-state index contributed by atoms with van der Waals surface area (Å²) >= 11 is 11.8. The predicted octanol–water partition coefficient (Wildman–Crippen LogP) is 5.02. The number of alkyl halides is 1. The minimum atomic E-state index is -0.0331. The predicted molar refractivity (Wildman–Crippen MR) is 95.8 cm³/mol. The molecule has 0 unspecified atom stereocenters. The number of carbonyl (C=O) groups excluding carboxylic acids is 1. The minimum absolute atomic E-state index is 0.0331. The Kier molecular flexibility index (Phi) is 6.17. The van der Waals surface area contributed by atoms with Crippen molar-refractivity contribution in [1.29, 1.82) is 0 Å². The highest BCUT2D eigenvalue weighted by atomic mass is 127. The van der Waals surface area contributed by atoms with E-state index in [9.17, 15) is 4.79 Å². The fraction of sp³-hybridized carbons (Fsp3) is 0.533. The van der Waals surface area contributed by atoms with Crippen LogP contribution in [0, 0.1) is 8.99 Å². The molecule has 0 bridgehead atoms. The molecule has 0 heterocycles.